The summed E-state index contributed by atoms with van der Waals surface area (Å²) >= 11 is 0. The second-order valence-corrected chi connectivity index (χ2v) is 9.63. The molecule has 0 saturated carbocycles. The molecule has 0 radical (unpaired) electrons. The van der Waals surface area contributed by atoms with Gasteiger partial charge < -0.3 is 5.32 Å². The Labute approximate surface area is 149 Å². The van der Waals surface area contributed by atoms with Crippen molar-refractivity contribution in [1.82, 2.24) is 4.31 Å². The van der Waals surface area contributed by atoms with E-state index in [1.807, 2.05) is 13.8 Å². The van der Waals surface area contributed by atoms with Crippen LogP contribution in [0.4, 0.5) is 10.1 Å². The monoisotopic (exact) mass is 370 g/mol. The Morgan fingerprint density at radius 3 is 2.64 bits per heavy atom. The number of anilines is 1. The van der Waals surface area contributed by atoms with Crippen molar-refractivity contribution in [3.63, 3.8) is 0 Å². The number of halogens is 1. The average Bonchev–Trinajstić information content (AvgIpc) is 3.01. The molecular formula is C18H27FN2O3S. The molecule has 7 heteroatoms. The molecule has 1 N–H and O–H groups in total. The van der Waals surface area contributed by atoms with Gasteiger partial charge >= 0.3 is 0 Å². The van der Waals surface area contributed by atoms with Crippen LogP contribution < -0.4 is 5.32 Å². The summed E-state index contributed by atoms with van der Waals surface area (Å²) in [5, 5.41) is 2.31. The Morgan fingerprint density at radius 1 is 1.36 bits per heavy atom. The molecule has 25 heavy (non-hydrogen) atoms. The molecule has 0 aliphatic carbocycles. The smallest absolute Gasteiger partial charge is 0.228 e. The van der Waals surface area contributed by atoms with Gasteiger partial charge in [-0.3, -0.25) is 4.79 Å². The number of nitrogens with zero attached hydrogens (tertiary/aromatic N) is 1. The van der Waals surface area contributed by atoms with Crippen molar-refractivity contribution in [2.75, 3.05) is 18.4 Å². The minimum atomic E-state index is -3.38. The number of amides is 1. The molecule has 0 aromatic heterocycles. The van der Waals surface area contributed by atoms with Gasteiger partial charge in [0.15, 0.2) is 0 Å². The lowest BCUT2D eigenvalue weighted by atomic mass is 10.1. The summed E-state index contributed by atoms with van der Waals surface area (Å²) in [5.41, 5.74) is 0.981. The highest BCUT2D eigenvalue weighted by Crippen LogP contribution is 2.25. The molecule has 1 aliphatic rings. The zero-order valence-corrected chi connectivity index (χ0v) is 16.1. The normalized spacial score (nSPS) is 20.0. The molecular weight excluding hydrogens is 343 g/mol. The van der Waals surface area contributed by atoms with Crippen LogP contribution in [0.15, 0.2) is 18.2 Å². The standard InChI is InChI=1S/C18H27FN2O3S/c1-12(2)9-14(4)25(23,24)21-8-7-15(11-21)18(22)20-16-5-6-17(19)13(3)10-16/h5-6,10,12,14-15H,7-9,11H2,1-4H3,(H,20,22)/t14?,15-/m0/s1. The van der Waals surface area contributed by atoms with Crippen LogP contribution in [0.3, 0.4) is 0 Å². The predicted molar refractivity (Wildman–Crippen MR) is 97.3 cm³/mol. The molecule has 1 aromatic rings. The number of hydrogen-bond donors (Lipinski definition) is 1. The average molecular weight is 370 g/mol. The van der Waals surface area contributed by atoms with Crippen molar-refractivity contribution in [1.29, 1.82) is 0 Å². The maximum Gasteiger partial charge on any atom is 0.228 e. The topological polar surface area (TPSA) is 66.5 Å². The zero-order chi connectivity index (χ0) is 18.8. The van der Waals surface area contributed by atoms with E-state index in [0.717, 1.165) is 0 Å². The first-order valence-electron chi connectivity index (χ1n) is 8.67. The van der Waals surface area contributed by atoms with Crippen LogP contribution in [0, 0.1) is 24.6 Å². The fourth-order valence-corrected chi connectivity index (χ4v) is 5.06. The van der Waals surface area contributed by atoms with Gasteiger partial charge in [0.05, 0.1) is 11.2 Å². The third-order valence-corrected chi connectivity index (χ3v) is 6.88. The quantitative estimate of drug-likeness (QED) is 0.836. The van der Waals surface area contributed by atoms with Crippen LogP contribution in [-0.2, 0) is 14.8 Å². The van der Waals surface area contributed by atoms with E-state index in [-0.39, 0.29) is 24.2 Å². The molecule has 2 rings (SSSR count). The Balaban J connectivity index is 1.99. The van der Waals surface area contributed by atoms with E-state index >= 15 is 0 Å². The number of aryl methyl sites for hydroxylation is 1. The van der Waals surface area contributed by atoms with E-state index in [0.29, 0.717) is 36.6 Å². The molecule has 1 saturated heterocycles. The fourth-order valence-electron chi connectivity index (χ4n) is 3.18. The molecule has 1 amide bonds. The van der Waals surface area contributed by atoms with Crippen molar-refractivity contribution in [2.45, 2.75) is 45.8 Å². The van der Waals surface area contributed by atoms with E-state index in [4.69, 9.17) is 0 Å². The first-order chi connectivity index (χ1) is 11.6. The van der Waals surface area contributed by atoms with Gasteiger partial charge in [-0.25, -0.2) is 17.1 Å². The molecule has 2 atom stereocenters. The number of hydrogen-bond acceptors (Lipinski definition) is 3. The minimum Gasteiger partial charge on any atom is -0.326 e. The number of carbonyl (C=O) groups excluding carboxylic acids is 1. The van der Waals surface area contributed by atoms with Gasteiger partial charge in [0, 0.05) is 18.8 Å². The Morgan fingerprint density at radius 2 is 2.04 bits per heavy atom. The molecule has 140 valence electrons. The van der Waals surface area contributed by atoms with Gasteiger partial charge in [-0.15, -0.1) is 0 Å². The van der Waals surface area contributed by atoms with Crippen LogP contribution in [-0.4, -0.2) is 37.0 Å². The Bertz CT molecular complexity index is 734. The second-order valence-electron chi connectivity index (χ2n) is 7.28. The Kier molecular flexibility index (Phi) is 6.21. The van der Waals surface area contributed by atoms with E-state index in [9.17, 15) is 17.6 Å². The van der Waals surface area contributed by atoms with Crippen LogP contribution in [0.5, 0.6) is 0 Å². The lowest BCUT2D eigenvalue weighted by Gasteiger charge is -2.22. The van der Waals surface area contributed by atoms with E-state index < -0.39 is 15.3 Å². The van der Waals surface area contributed by atoms with E-state index in [1.165, 1.54) is 16.4 Å². The highest BCUT2D eigenvalue weighted by molar-refractivity contribution is 7.89. The minimum absolute atomic E-state index is 0.205. The summed E-state index contributed by atoms with van der Waals surface area (Å²) in [6, 6.07) is 4.39. The largest absolute Gasteiger partial charge is 0.326 e. The van der Waals surface area contributed by atoms with Crippen LogP contribution in [0.2, 0.25) is 0 Å². The third kappa shape index (κ3) is 4.79. The lowest BCUT2D eigenvalue weighted by Crippen LogP contribution is -2.37. The summed E-state index contributed by atoms with van der Waals surface area (Å²) in [6.07, 6.45) is 1.10. The molecule has 1 aromatic carbocycles. The van der Waals surface area contributed by atoms with Crippen molar-refractivity contribution in [2.24, 2.45) is 11.8 Å². The van der Waals surface area contributed by atoms with Crippen molar-refractivity contribution < 1.29 is 17.6 Å². The Hall–Kier alpha value is -1.47. The van der Waals surface area contributed by atoms with Crippen LogP contribution >= 0.6 is 0 Å². The number of carbonyl (C=O) groups is 1. The van der Waals surface area contributed by atoms with Crippen LogP contribution in [0.25, 0.3) is 0 Å². The third-order valence-electron chi connectivity index (χ3n) is 4.62. The summed E-state index contributed by atoms with van der Waals surface area (Å²) in [4.78, 5) is 12.4. The summed E-state index contributed by atoms with van der Waals surface area (Å²) in [5.74, 6) is -0.630. The van der Waals surface area contributed by atoms with Crippen molar-refractivity contribution >= 4 is 21.6 Å². The molecule has 1 aliphatic heterocycles. The van der Waals surface area contributed by atoms with E-state index in [1.54, 1.807) is 19.9 Å². The summed E-state index contributed by atoms with van der Waals surface area (Å²) in [7, 11) is -3.38. The van der Waals surface area contributed by atoms with Gasteiger partial charge in [0.25, 0.3) is 0 Å². The summed E-state index contributed by atoms with van der Waals surface area (Å²) < 4.78 is 40.0. The number of sulfonamides is 1. The van der Waals surface area contributed by atoms with Gasteiger partial charge in [0.1, 0.15) is 5.82 Å². The first kappa shape index (κ1) is 19.8. The maximum atomic E-state index is 13.3. The molecule has 0 spiro atoms. The fraction of sp³-hybridized carbons (Fsp3) is 0.611. The van der Waals surface area contributed by atoms with Gasteiger partial charge in [-0.1, -0.05) is 13.8 Å². The highest BCUT2D eigenvalue weighted by Gasteiger charge is 2.37. The first-order valence-corrected chi connectivity index (χ1v) is 10.2. The highest BCUT2D eigenvalue weighted by atomic mass is 32.2. The molecule has 0 bridgehead atoms. The van der Waals surface area contributed by atoms with E-state index in [2.05, 4.69) is 5.32 Å². The van der Waals surface area contributed by atoms with Gasteiger partial charge in [-0.2, -0.15) is 0 Å². The number of nitrogens with one attached hydrogen (secondary N) is 1. The molecule has 1 heterocycles. The zero-order valence-electron chi connectivity index (χ0n) is 15.3. The SMILES string of the molecule is Cc1cc(NC(=O)[C@H]2CCN(S(=O)(=O)C(C)CC(C)C)C2)ccc1F. The summed E-state index contributed by atoms with van der Waals surface area (Å²) in [6.45, 7) is 7.92. The lowest BCUT2D eigenvalue weighted by molar-refractivity contribution is -0.119. The molecule has 1 fully saturated rings. The maximum absolute atomic E-state index is 13.3. The van der Waals surface area contributed by atoms with Crippen LogP contribution in [0.1, 0.15) is 39.2 Å². The van der Waals surface area contributed by atoms with Gasteiger partial charge in [0.2, 0.25) is 15.9 Å². The number of rotatable bonds is 6. The van der Waals surface area contributed by atoms with Gasteiger partial charge in [-0.05, 0) is 56.4 Å². The van der Waals surface area contributed by atoms with Crippen molar-refractivity contribution in [3.8, 4) is 0 Å². The molecule has 1 unspecified atom stereocenters. The second kappa shape index (κ2) is 7.83. The number of benzene rings is 1. The molecule has 5 nitrogen and oxygen atoms in total. The predicted octanol–water partition coefficient (Wildman–Crippen LogP) is 3.16. The van der Waals surface area contributed by atoms with Crippen molar-refractivity contribution in [3.05, 3.63) is 29.6 Å².